The predicted molar refractivity (Wildman–Crippen MR) is 106 cm³/mol. The van der Waals surface area contributed by atoms with Crippen molar-refractivity contribution in [1.82, 2.24) is 10.2 Å². The summed E-state index contributed by atoms with van der Waals surface area (Å²) in [4.78, 5) is 37.7. The molecule has 0 unspecified atom stereocenters. The summed E-state index contributed by atoms with van der Waals surface area (Å²) in [5.41, 5.74) is 2.47. The summed E-state index contributed by atoms with van der Waals surface area (Å²) in [6.07, 6.45) is -1.16. The zero-order chi connectivity index (χ0) is 21.8. The lowest BCUT2D eigenvalue weighted by Crippen LogP contribution is -2.48. The summed E-state index contributed by atoms with van der Waals surface area (Å²) in [6.45, 7) is 3.92. The van der Waals surface area contributed by atoms with E-state index in [0.29, 0.717) is 5.56 Å². The van der Waals surface area contributed by atoms with Crippen LogP contribution in [-0.2, 0) is 22.6 Å². The van der Waals surface area contributed by atoms with Gasteiger partial charge in [-0.1, -0.05) is 12.1 Å². The standard InChI is InChI=1S/C21H20N4O5/c1-3-30-21(24-12-17-13(2)5-4-6-16(17)20(24)27)19(26)23-11-15-8-7-14(10-22)9-18(15)25(28)29/h4-9,21H,3,11-12H2,1-2H3,(H,23,26)/t21-/m0/s1. The first-order valence-electron chi connectivity index (χ1n) is 9.33. The van der Waals surface area contributed by atoms with Crippen molar-refractivity contribution in [3.05, 3.63) is 74.3 Å². The molecule has 0 spiro atoms. The second-order valence-electron chi connectivity index (χ2n) is 6.77. The number of nitrogens with one attached hydrogen (secondary N) is 1. The van der Waals surface area contributed by atoms with Gasteiger partial charge in [-0.25, -0.2) is 0 Å². The van der Waals surface area contributed by atoms with E-state index in [0.717, 1.165) is 17.2 Å². The van der Waals surface area contributed by atoms with Gasteiger partial charge in [-0.3, -0.25) is 19.7 Å². The van der Waals surface area contributed by atoms with Gasteiger partial charge in [-0.05, 0) is 43.2 Å². The highest BCUT2D eigenvalue weighted by atomic mass is 16.6. The normalized spacial score (nSPS) is 13.5. The first kappa shape index (κ1) is 21.0. The van der Waals surface area contributed by atoms with Crippen molar-refractivity contribution >= 4 is 17.5 Å². The van der Waals surface area contributed by atoms with Gasteiger partial charge < -0.3 is 15.0 Å². The number of nitrogens with zero attached hydrogens (tertiary/aromatic N) is 3. The number of carbonyl (C=O) groups is 2. The molecule has 154 valence electrons. The number of nitro groups is 1. The molecule has 0 fully saturated rings. The van der Waals surface area contributed by atoms with Crippen molar-refractivity contribution in [2.75, 3.05) is 6.61 Å². The summed E-state index contributed by atoms with van der Waals surface area (Å²) in [7, 11) is 0. The van der Waals surface area contributed by atoms with Gasteiger partial charge in [0.25, 0.3) is 17.5 Å². The number of nitriles is 1. The molecule has 0 radical (unpaired) electrons. The molecular weight excluding hydrogens is 388 g/mol. The Morgan fingerprint density at radius 2 is 2.17 bits per heavy atom. The fraction of sp³-hybridized carbons (Fsp3) is 0.286. The van der Waals surface area contributed by atoms with E-state index < -0.39 is 17.1 Å². The van der Waals surface area contributed by atoms with E-state index in [9.17, 15) is 19.7 Å². The van der Waals surface area contributed by atoms with Crippen LogP contribution in [0.2, 0.25) is 0 Å². The molecule has 2 aromatic rings. The minimum atomic E-state index is -1.16. The van der Waals surface area contributed by atoms with Gasteiger partial charge in [-0.15, -0.1) is 0 Å². The van der Waals surface area contributed by atoms with Crippen LogP contribution >= 0.6 is 0 Å². The Labute approximate surface area is 173 Å². The van der Waals surface area contributed by atoms with Crippen LogP contribution in [0.25, 0.3) is 0 Å². The number of ether oxygens (including phenoxy) is 1. The Bertz CT molecular complexity index is 1060. The van der Waals surface area contributed by atoms with Crippen LogP contribution in [-0.4, -0.2) is 34.5 Å². The van der Waals surface area contributed by atoms with Gasteiger partial charge in [-0.2, -0.15) is 5.26 Å². The summed E-state index contributed by atoms with van der Waals surface area (Å²) in [5, 5.41) is 22.8. The van der Waals surface area contributed by atoms with Crippen LogP contribution in [0.15, 0.2) is 36.4 Å². The largest absolute Gasteiger partial charge is 0.350 e. The van der Waals surface area contributed by atoms with E-state index in [1.807, 2.05) is 19.1 Å². The molecule has 9 heteroatoms. The first-order chi connectivity index (χ1) is 14.4. The fourth-order valence-corrected chi connectivity index (χ4v) is 3.39. The molecule has 2 aromatic carbocycles. The third-order valence-corrected chi connectivity index (χ3v) is 4.93. The third-order valence-electron chi connectivity index (χ3n) is 4.93. The van der Waals surface area contributed by atoms with Crippen LogP contribution in [0.4, 0.5) is 5.69 Å². The van der Waals surface area contributed by atoms with Crippen LogP contribution in [0.3, 0.4) is 0 Å². The molecule has 30 heavy (non-hydrogen) atoms. The number of aryl methyl sites for hydroxylation is 1. The van der Waals surface area contributed by atoms with Gasteiger partial charge in [0.15, 0.2) is 0 Å². The number of hydrogen-bond acceptors (Lipinski definition) is 6. The maximum absolute atomic E-state index is 12.8. The molecule has 1 aliphatic rings. The van der Waals surface area contributed by atoms with Gasteiger partial charge in [0.2, 0.25) is 6.23 Å². The van der Waals surface area contributed by atoms with Crippen LogP contribution in [0.5, 0.6) is 0 Å². The first-order valence-corrected chi connectivity index (χ1v) is 9.33. The van der Waals surface area contributed by atoms with Gasteiger partial charge in [0.1, 0.15) is 0 Å². The predicted octanol–water partition coefficient (Wildman–Crippen LogP) is 2.41. The topological polar surface area (TPSA) is 126 Å². The third kappa shape index (κ3) is 3.99. The number of nitro benzene ring substituents is 1. The van der Waals surface area contributed by atoms with E-state index >= 15 is 0 Å². The highest BCUT2D eigenvalue weighted by Crippen LogP contribution is 2.28. The molecular formula is C21H20N4O5. The molecule has 0 saturated heterocycles. The summed E-state index contributed by atoms with van der Waals surface area (Å²) >= 11 is 0. The summed E-state index contributed by atoms with van der Waals surface area (Å²) in [5.74, 6) is -0.874. The second kappa shape index (κ2) is 8.71. The minimum Gasteiger partial charge on any atom is -0.350 e. The number of amides is 2. The molecule has 0 saturated carbocycles. The molecule has 1 heterocycles. The van der Waals surface area contributed by atoms with Gasteiger partial charge in [0.05, 0.1) is 23.1 Å². The number of hydrogen-bond donors (Lipinski definition) is 1. The van der Waals surface area contributed by atoms with Crippen LogP contribution < -0.4 is 5.32 Å². The zero-order valence-corrected chi connectivity index (χ0v) is 16.5. The molecule has 9 nitrogen and oxygen atoms in total. The van der Waals surface area contributed by atoms with Crippen molar-refractivity contribution in [3.63, 3.8) is 0 Å². The highest BCUT2D eigenvalue weighted by molar-refractivity contribution is 6.01. The summed E-state index contributed by atoms with van der Waals surface area (Å²) < 4.78 is 5.55. The minimum absolute atomic E-state index is 0.140. The lowest BCUT2D eigenvalue weighted by atomic mass is 10.1. The molecule has 2 amide bonds. The molecule has 1 N–H and O–H groups in total. The Kier molecular flexibility index (Phi) is 6.09. The van der Waals surface area contributed by atoms with Crippen LogP contribution in [0.1, 0.15) is 39.5 Å². The summed E-state index contributed by atoms with van der Waals surface area (Å²) in [6, 6.07) is 11.3. The fourth-order valence-electron chi connectivity index (χ4n) is 3.39. The zero-order valence-electron chi connectivity index (χ0n) is 16.5. The smallest absolute Gasteiger partial charge is 0.275 e. The van der Waals surface area contributed by atoms with E-state index in [-0.39, 0.29) is 42.4 Å². The van der Waals surface area contributed by atoms with E-state index in [4.69, 9.17) is 10.00 Å². The number of benzene rings is 2. The van der Waals surface area contributed by atoms with E-state index in [2.05, 4.69) is 5.32 Å². The van der Waals surface area contributed by atoms with Crippen LogP contribution in [0, 0.1) is 28.4 Å². The number of fused-ring (bicyclic) bond motifs is 1. The van der Waals surface area contributed by atoms with E-state index in [1.54, 1.807) is 19.1 Å². The maximum Gasteiger partial charge on any atom is 0.275 e. The Morgan fingerprint density at radius 1 is 1.40 bits per heavy atom. The highest BCUT2D eigenvalue weighted by Gasteiger charge is 2.37. The maximum atomic E-state index is 12.8. The SMILES string of the molecule is CCO[C@@H](C(=O)NCc1ccc(C#N)cc1[N+](=O)[O-])N1Cc2c(C)cccc2C1=O. The van der Waals surface area contributed by atoms with Crippen molar-refractivity contribution in [1.29, 1.82) is 5.26 Å². The molecule has 0 aromatic heterocycles. The molecule has 1 atom stereocenters. The quantitative estimate of drug-likeness (QED) is 0.554. The van der Waals surface area contributed by atoms with Crippen molar-refractivity contribution < 1.29 is 19.2 Å². The second-order valence-corrected chi connectivity index (χ2v) is 6.77. The Morgan fingerprint density at radius 3 is 2.80 bits per heavy atom. The number of rotatable bonds is 7. The molecule has 0 bridgehead atoms. The average Bonchev–Trinajstić information content (AvgIpc) is 3.07. The van der Waals surface area contributed by atoms with Crippen molar-refractivity contribution in [3.8, 4) is 6.07 Å². The average molecular weight is 408 g/mol. The van der Waals surface area contributed by atoms with Crippen molar-refractivity contribution in [2.45, 2.75) is 33.2 Å². The van der Waals surface area contributed by atoms with Crippen molar-refractivity contribution in [2.24, 2.45) is 0 Å². The molecule has 1 aliphatic heterocycles. The number of carbonyl (C=O) groups excluding carboxylic acids is 2. The lowest BCUT2D eigenvalue weighted by molar-refractivity contribution is -0.385. The lowest BCUT2D eigenvalue weighted by Gasteiger charge is -2.26. The van der Waals surface area contributed by atoms with E-state index in [1.165, 1.54) is 17.0 Å². The molecule has 3 rings (SSSR count). The monoisotopic (exact) mass is 408 g/mol. The van der Waals surface area contributed by atoms with Gasteiger partial charge in [0, 0.05) is 30.3 Å². The Hall–Kier alpha value is -3.77. The molecule has 0 aliphatic carbocycles. The Balaban J connectivity index is 1.78. The van der Waals surface area contributed by atoms with Gasteiger partial charge >= 0.3 is 0 Å².